The maximum Gasteiger partial charge on any atom is 0.227 e. The molecule has 3 rings (SSSR count). The van der Waals surface area contributed by atoms with E-state index in [0.717, 1.165) is 12.8 Å². The summed E-state index contributed by atoms with van der Waals surface area (Å²) in [6, 6.07) is 14.2. The molecular formula is C22H23ClN2O3. The molecule has 1 aliphatic carbocycles. The van der Waals surface area contributed by atoms with Crippen molar-refractivity contribution in [2.45, 2.75) is 25.7 Å². The normalized spacial score (nSPS) is 15.2. The largest absolute Gasteiger partial charge is 0.493 e. The third-order valence-electron chi connectivity index (χ3n) is 4.43. The number of hydrogen-bond acceptors (Lipinski definition) is 3. The molecule has 5 nitrogen and oxygen atoms in total. The highest BCUT2D eigenvalue weighted by Crippen LogP contribution is 2.24. The van der Waals surface area contributed by atoms with E-state index >= 15 is 0 Å². The van der Waals surface area contributed by atoms with Gasteiger partial charge in [0.1, 0.15) is 5.75 Å². The zero-order valence-electron chi connectivity index (χ0n) is 15.5. The second-order valence-electron chi connectivity index (χ2n) is 6.67. The van der Waals surface area contributed by atoms with Crippen LogP contribution >= 0.6 is 11.6 Å². The third-order valence-corrected chi connectivity index (χ3v) is 4.66. The Balaban J connectivity index is 1.49. The summed E-state index contributed by atoms with van der Waals surface area (Å²) >= 11 is 5.91. The average molecular weight is 399 g/mol. The molecule has 2 N–H and O–H groups in total. The van der Waals surface area contributed by atoms with E-state index in [9.17, 15) is 9.59 Å². The van der Waals surface area contributed by atoms with Gasteiger partial charge in [-0.15, -0.1) is 0 Å². The molecule has 2 aromatic rings. The van der Waals surface area contributed by atoms with Crippen molar-refractivity contribution in [2.75, 3.05) is 17.2 Å². The number of rotatable bonds is 8. The van der Waals surface area contributed by atoms with Gasteiger partial charge in [-0.05, 0) is 49.1 Å². The summed E-state index contributed by atoms with van der Waals surface area (Å²) in [7, 11) is 0. The molecule has 1 aliphatic rings. The monoisotopic (exact) mass is 398 g/mol. The van der Waals surface area contributed by atoms with Crippen LogP contribution in [0.4, 0.5) is 11.4 Å². The number of benzene rings is 2. The Hall–Kier alpha value is -2.79. The van der Waals surface area contributed by atoms with Crippen molar-refractivity contribution in [1.29, 1.82) is 0 Å². The number of allylic oxidation sites excluding steroid dienone is 2. The molecule has 0 bridgehead atoms. The number of anilines is 2. The van der Waals surface area contributed by atoms with Gasteiger partial charge in [0, 0.05) is 11.4 Å². The van der Waals surface area contributed by atoms with Gasteiger partial charge in [-0.25, -0.2) is 0 Å². The summed E-state index contributed by atoms with van der Waals surface area (Å²) in [6.45, 7) is 0.231. The highest BCUT2D eigenvalue weighted by atomic mass is 35.5. The van der Waals surface area contributed by atoms with Gasteiger partial charge in [-0.1, -0.05) is 42.0 Å². The highest BCUT2D eigenvalue weighted by molar-refractivity contribution is 6.30. The van der Waals surface area contributed by atoms with Gasteiger partial charge in [-0.2, -0.15) is 0 Å². The molecule has 0 saturated carbocycles. The van der Waals surface area contributed by atoms with Crippen LogP contribution in [0.25, 0.3) is 0 Å². The van der Waals surface area contributed by atoms with Crippen LogP contribution in [0.2, 0.25) is 5.02 Å². The first-order valence-electron chi connectivity index (χ1n) is 9.34. The minimum atomic E-state index is -0.192. The molecule has 1 unspecified atom stereocenters. The fourth-order valence-electron chi connectivity index (χ4n) is 3.04. The molecule has 1 atom stereocenters. The lowest BCUT2D eigenvalue weighted by atomic mass is 10.0. The van der Waals surface area contributed by atoms with Crippen LogP contribution in [0, 0.1) is 5.92 Å². The van der Waals surface area contributed by atoms with Crippen LogP contribution in [0.5, 0.6) is 5.75 Å². The van der Waals surface area contributed by atoms with Gasteiger partial charge in [0.15, 0.2) is 0 Å². The molecule has 28 heavy (non-hydrogen) atoms. The molecule has 6 heteroatoms. The predicted molar refractivity (Wildman–Crippen MR) is 112 cm³/mol. The molecule has 146 valence electrons. The lowest BCUT2D eigenvalue weighted by molar-refractivity contribution is -0.117. The Bertz CT molecular complexity index is 866. The van der Waals surface area contributed by atoms with E-state index in [1.54, 1.807) is 36.4 Å². The summed E-state index contributed by atoms with van der Waals surface area (Å²) < 4.78 is 5.54. The fourth-order valence-corrected chi connectivity index (χ4v) is 3.22. The maximum absolute atomic E-state index is 12.3. The van der Waals surface area contributed by atoms with Crippen molar-refractivity contribution in [3.05, 3.63) is 65.7 Å². The highest BCUT2D eigenvalue weighted by Gasteiger charge is 2.15. The van der Waals surface area contributed by atoms with E-state index in [1.165, 1.54) is 0 Å². The van der Waals surface area contributed by atoms with Crippen molar-refractivity contribution >= 4 is 34.8 Å². The molecule has 0 saturated heterocycles. The molecule has 0 aromatic heterocycles. The van der Waals surface area contributed by atoms with Gasteiger partial charge in [0.2, 0.25) is 11.8 Å². The zero-order chi connectivity index (χ0) is 19.8. The quantitative estimate of drug-likeness (QED) is 0.612. The second kappa shape index (κ2) is 9.95. The molecule has 0 aliphatic heterocycles. The molecule has 2 amide bonds. The maximum atomic E-state index is 12.3. The Morgan fingerprint density at radius 2 is 1.79 bits per heavy atom. The van der Waals surface area contributed by atoms with Crippen LogP contribution < -0.4 is 15.4 Å². The van der Waals surface area contributed by atoms with Crippen molar-refractivity contribution < 1.29 is 14.3 Å². The predicted octanol–water partition coefficient (Wildman–Crippen LogP) is 5.04. The third kappa shape index (κ3) is 6.13. The zero-order valence-corrected chi connectivity index (χ0v) is 16.2. The number of para-hydroxylation sites is 2. The van der Waals surface area contributed by atoms with Crippen LogP contribution in [-0.2, 0) is 9.59 Å². The molecular weight excluding hydrogens is 376 g/mol. The van der Waals surface area contributed by atoms with Gasteiger partial charge in [0.25, 0.3) is 0 Å². The number of nitrogens with one attached hydrogen (secondary N) is 2. The Kier molecular flexibility index (Phi) is 7.09. The molecule has 2 aromatic carbocycles. The summed E-state index contributed by atoms with van der Waals surface area (Å²) in [5.74, 6) is 0.671. The standard InChI is InChI=1S/C22H23ClN2O3/c23-17-8-5-9-18(15-17)28-13-12-21(26)24-19-10-3-4-11-20(19)25-22(27)14-16-6-1-2-7-16/h1,3-6,8-11,15-16H,2,7,12-14H2,(H,24,26)(H,25,27). The van der Waals surface area contributed by atoms with E-state index in [1.807, 2.05) is 12.1 Å². The Morgan fingerprint density at radius 3 is 2.46 bits per heavy atom. The van der Waals surface area contributed by atoms with E-state index < -0.39 is 0 Å². The van der Waals surface area contributed by atoms with Crippen molar-refractivity contribution in [3.63, 3.8) is 0 Å². The minimum Gasteiger partial charge on any atom is -0.493 e. The Morgan fingerprint density at radius 1 is 1.04 bits per heavy atom. The number of carbonyl (C=O) groups excluding carboxylic acids is 2. The Labute approximate surface area is 169 Å². The van der Waals surface area contributed by atoms with Gasteiger partial charge < -0.3 is 15.4 Å². The molecule has 0 fully saturated rings. The van der Waals surface area contributed by atoms with E-state index in [4.69, 9.17) is 16.3 Å². The minimum absolute atomic E-state index is 0.0532. The van der Waals surface area contributed by atoms with Gasteiger partial charge >= 0.3 is 0 Å². The molecule has 0 heterocycles. The van der Waals surface area contributed by atoms with E-state index in [-0.39, 0.29) is 24.8 Å². The summed E-state index contributed by atoms with van der Waals surface area (Å²) in [4.78, 5) is 24.5. The first-order valence-corrected chi connectivity index (χ1v) is 9.72. The number of halogens is 1. The van der Waals surface area contributed by atoms with Crippen LogP contribution in [0.15, 0.2) is 60.7 Å². The lowest BCUT2D eigenvalue weighted by Gasteiger charge is -2.14. The number of amides is 2. The van der Waals surface area contributed by atoms with Crippen molar-refractivity contribution in [2.24, 2.45) is 5.92 Å². The van der Waals surface area contributed by atoms with E-state index in [2.05, 4.69) is 22.8 Å². The smallest absolute Gasteiger partial charge is 0.227 e. The SMILES string of the molecule is O=C(CCOc1cccc(Cl)c1)Nc1ccccc1NC(=O)CC1C=CCC1. The van der Waals surface area contributed by atoms with Crippen LogP contribution in [-0.4, -0.2) is 18.4 Å². The van der Waals surface area contributed by atoms with Crippen molar-refractivity contribution in [1.82, 2.24) is 0 Å². The van der Waals surface area contributed by atoms with Crippen LogP contribution in [0.3, 0.4) is 0 Å². The second-order valence-corrected chi connectivity index (χ2v) is 7.10. The number of hydrogen-bond donors (Lipinski definition) is 2. The van der Waals surface area contributed by atoms with Gasteiger partial charge in [0.05, 0.1) is 24.4 Å². The lowest BCUT2D eigenvalue weighted by Crippen LogP contribution is -2.19. The molecule has 0 spiro atoms. The number of carbonyl (C=O) groups is 2. The molecule has 0 radical (unpaired) electrons. The first-order chi connectivity index (χ1) is 13.6. The number of ether oxygens (including phenoxy) is 1. The summed E-state index contributed by atoms with van der Waals surface area (Å²) in [5.41, 5.74) is 1.17. The fraction of sp³-hybridized carbons (Fsp3) is 0.273. The van der Waals surface area contributed by atoms with Crippen LogP contribution in [0.1, 0.15) is 25.7 Å². The topological polar surface area (TPSA) is 67.4 Å². The van der Waals surface area contributed by atoms with Crippen molar-refractivity contribution in [3.8, 4) is 5.75 Å². The van der Waals surface area contributed by atoms with Gasteiger partial charge in [-0.3, -0.25) is 9.59 Å². The van der Waals surface area contributed by atoms with E-state index in [0.29, 0.717) is 34.5 Å². The first kappa shape index (κ1) is 20.0. The summed E-state index contributed by atoms with van der Waals surface area (Å²) in [5, 5.41) is 6.31. The average Bonchev–Trinajstić information content (AvgIpc) is 3.16. The summed E-state index contributed by atoms with van der Waals surface area (Å²) in [6.07, 6.45) is 6.87.